The van der Waals surface area contributed by atoms with E-state index in [1.165, 1.54) is 7.11 Å². The normalized spacial score (nSPS) is 29.8. The van der Waals surface area contributed by atoms with Crippen molar-refractivity contribution < 1.29 is 29.6 Å². The fraction of sp³-hybridized carbons (Fsp3) is 0.296. The molecule has 3 aromatic carbocycles. The molecule has 0 saturated heterocycles. The first-order valence-corrected chi connectivity index (χ1v) is 10.9. The lowest BCUT2D eigenvalue weighted by Gasteiger charge is -2.41. The number of rotatable bonds is 5. The summed E-state index contributed by atoms with van der Waals surface area (Å²) < 4.78 is 12.3. The average molecular weight is 446 g/mol. The molecule has 5 atom stereocenters. The first-order valence-electron chi connectivity index (χ1n) is 10.9. The number of ether oxygens (including phenoxy) is 2. The number of hydrogen-bond donors (Lipinski definition) is 3. The van der Waals surface area contributed by atoms with E-state index in [0.29, 0.717) is 33.8 Å². The highest BCUT2D eigenvalue weighted by molar-refractivity contribution is 5.75. The molecule has 6 heteroatoms. The molecule has 0 radical (unpaired) electrons. The number of carbonyl (C=O) groups is 1. The molecule has 1 aliphatic carbocycles. The molecule has 1 saturated carbocycles. The summed E-state index contributed by atoms with van der Waals surface area (Å²) in [6.45, 7) is 1.67. The molecule has 3 aromatic rings. The summed E-state index contributed by atoms with van der Waals surface area (Å²) in [7, 11) is 1.48. The number of carbonyl (C=O) groups excluding carboxylic acids is 1. The topological polar surface area (TPSA) is 96.2 Å². The van der Waals surface area contributed by atoms with Gasteiger partial charge in [-0.05, 0) is 34.7 Å². The zero-order valence-corrected chi connectivity index (χ0v) is 18.4. The number of aliphatic hydroxyl groups is 3. The average Bonchev–Trinajstić information content (AvgIpc) is 3.21. The summed E-state index contributed by atoms with van der Waals surface area (Å²) in [6.07, 6.45) is -0.418. The van der Waals surface area contributed by atoms with E-state index < -0.39 is 23.2 Å². The quantitative estimate of drug-likeness (QED) is 0.521. The molecule has 1 fully saturated rings. The maximum atomic E-state index is 12.5. The van der Waals surface area contributed by atoms with Gasteiger partial charge in [-0.3, -0.25) is 4.79 Å². The number of benzene rings is 3. The van der Waals surface area contributed by atoms with Crippen molar-refractivity contribution in [2.24, 2.45) is 5.92 Å². The van der Waals surface area contributed by atoms with Gasteiger partial charge in [-0.2, -0.15) is 0 Å². The van der Waals surface area contributed by atoms with E-state index in [0.717, 1.165) is 11.8 Å². The molecule has 0 amide bonds. The van der Waals surface area contributed by atoms with Crippen LogP contribution in [0, 0.1) is 5.92 Å². The third kappa shape index (κ3) is 2.75. The highest BCUT2D eigenvalue weighted by atomic mass is 16.5. The molecule has 1 heterocycles. The van der Waals surface area contributed by atoms with Crippen LogP contribution in [0.5, 0.6) is 11.5 Å². The van der Waals surface area contributed by atoms with Crippen molar-refractivity contribution in [3.63, 3.8) is 0 Å². The molecular formula is C27H26O6. The van der Waals surface area contributed by atoms with Gasteiger partial charge in [0.2, 0.25) is 0 Å². The van der Waals surface area contributed by atoms with Crippen molar-refractivity contribution in [2.75, 3.05) is 7.11 Å². The summed E-state index contributed by atoms with van der Waals surface area (Å²) >= 11 is 0. The molecule has 0 bridgehead atoms. The molecule has 0 spiro atoms. The summed E-state index contributed by atoms with van der Waals surface area (Å²) in [4.78, 5) is 11.3. The third-order valence-electron chi connectivity index (χ3n) is 7.27. The molecular weight excluding hydrogens is 420 g/mol. The van der Waals surface area contributed by atoms with E-state index in [-0.39, 0.29) is 12.5 Å². The van der Waals surface area contributed by atoms with Gasteiger partial charge >= 0.3 is 0 Å². The van der Waals surface area contributed by atoms with Gasteiger partial charge in [0.1, 0.15) is 17.8 Å². The van der Waals surface area contributed by atoms with E-state index in [1.807, 2.05) is 37.3 Å². The second-order valence-corrected chi connectivity index (χ2v) is 8.87. The van der Waals surface area contributed by atoms with Crippen molar-refractivity contribution in [3.8, 4) is 11.5 Å². The lowest BCUT2D eigenvalue weighted by Crippen LogP contribution is -2.52. The van der Waals surface area contributed by atoms with E-state index in [1.54, 1.807) is 36.4 Å². The third-order valence-corrected chi connectivity index (χ3v) is 7.27. The zero-order valence-electron chi connectivity index (χ0n) is 18.4. The Hall–Kier alpha value is -3.19. The van der Waals surface area contributed by atoms with Gasteiger partial charge in [-0.1, -0.05) is 61.5 Å². The van der Waals surface area contributed by atoms with E-state index in [4.69, 9.17) is 9.47 Å². The molecule has 5 rings (SSSR count). The Labute approximate surface area is 192 Å². The van der Waals surface area contributed by atoms with Crippen LogP contribution in [0.3, 0.4) is 0 Å². The lowest BCUT2D eigenvalue weighted by atomic mass is 9.70. The first-order chi connectivity index (χ1) is 15.9. The number of fused-ring (bicyclic) bond motifs is 3. The molecule has 0 aromatic heterocycles. The molecule has 3 N–H and O–H groups in total. The van der Waals surface area contributed by atoms with Crippen LogP contribution in [0.25, 0.3) is 0 Å². The van der Waals surface area contributed by atoms with Gasteiger partial charge in [0.15, 0.2) is 11.2 Å². The van der Waals surface area contributed by atoms with Gasteiger partial charge < -0.3 is 24.8 Å². The summed E-state index contributed by atoms with van der Waals surface area (Å²) in [6, 6.07) is 19.9. The van der Waals surface area contributed by atoms with E-state index in [2.05, 4.69) is 0 Å². The fourth-order valence-electron chi connectivity index (χ4n) is 5.86. The monoisotopic (exact) mass is 446 g/mol. The van der Waals surface area contributed by atoms with Gasteiger partial charge in [-0.25, -0.2) is 0 Å². The Kier molecular flexibility index (Phi) is 5.05. The maximum Gasteiger partial charge on any atom is 0.177 e. The molecule has 2 aliphatic rings. The summed E-state index contributed by atoms with van der Waals surface area (Å²) in [5, 5.41) is 33.8. The van der Waals surface area contributed by atoms with Crippen LogP contribution in [0.1, 0.15) is 45.5 Å². The van der Waals surface area contributed by atoms with E-state index in [9.17, 15) is 20.1 Å². The van der Waals surface area contributed by atoms with Crippen LogP contribution in [0.4, 0.5) is 0 Å². The highest BCUT2D eigenvalue weighted by Crippen LogP contribution is 2.69. The molecule has 6 nitrogen and oxygen atoms in total. The molecule has 33 heavy (non-hydrogen) atoms. The predicted octanol–water partition coefficient (Wildman–Crippen LogP) is 3.27. The molecule has 170 valence electrons. The van der Waals surface area contributed by atoms with Crippen LogP contribution in [0.15, 0.2) is 66.7 Å². The van der Waals surface area contributed by atoms with Crippen molar-refractivity contribution >= 4 is 6.29 Å². The Morgan fingerprint density at radius 2 is 1.79 bits per heavy atom. The number of aliphatic hydroxyl groups excluding tert-OH is 2. The number of aldehydes is 1. The van der Waals surface area contributed by atoms with Gasteiger partial charge in [0.05, 0.1) is 25.4 Å². The summed E-state index contributed by atoms with van der Waals surface area (Å²) in [5.41, 5.74) is -0.260. The second-order valence-electron chi connectivity index (χ2n) is 8.87. The van der Waals surface area contributed by atoms with Crippen LogP contribution in [-0.2, 0) is 17.8 Å². The van der Waals surface area contributed by atoms with Crippen molar-refractivity contribution in [3.05, 3.63) is 94.5 Å². The fourth-order valence-corrected chi connectivity index (χ4v) is 5.86. The number of methoxy groups -OCH3 is 1. The predicted molar refractivity (Wildman–Crippen MR) is 121 cm³/mol. The van der Waals surface area contributed by atoms with Crippen LogP contribution >= 0.6 is 0 Å². The Balaban J connectivity index is 1.85. The Morgan fingerprint density at radius 3 is 2.39 bits per heavy atom. The van der Waals surface area contributed by atoms with Crippen molar-refractivity contribution in [2.45, 2.75) is 36.8 Å². The van der Waals surface area contributed by atoms with E-state index >= 15 is 0 Å². The van der Waals surface area contributed by atoms with Gasteiger partial charge in [-0.15, -0.1) is 0 Å². The highest BCUT2D eigenvalue weighted by Gasteiger charge is 2.75. The minimum atomic E-state index is -1.84. The lowest BCUT2D eigenvalue weighted by molar-refractivity contribution is -0.151. The minimum absolute atomic E-state index is 0.229. The van der Waals surface area contributed by atoms with Gasteiger partial charge in [0, 0.05) is 11.5 Å². The minimum Gasteiger partial charge on any atom is -0.496 e. The largest absolute Gasteiger partial charge is 0.496 e. The van der Waals surface area contributed by atoms with Gasteiger partial charge in [0.25, 0.3) is 0 Å². The second kappa shape index (κ2) is 7.70. The number of hydrogen-bond acceptors (Lipinski definition) is 6. The van der Waals surface area contributed by atoms with Crippen molar-refractivity contribution in [1.29, 1.82) is 0 Å². The SMILES string of the molecule is COc1cc(CO)cc2c1[C@]1(O)[C@H](O)[C@H](C)[C@@H](c3ccccc3)[C@]1(c1ccc(C=O)cc1)O2. The summed E-state index contributed by atoms with van der Waals surface area (Å²) in [5.74, 6) is -0.105. The van der Waals surface area contributed by atoms with Crippen LogP contribution in [0.2, 0.25) is 0 Å². The first kappa shape index (κ1) is 21.6. The maximum absolute atomic E-state index is 12.5. The smallest absolute Gasteiger partial charge is 0.177 e. The Bertz CT molecular complexity index is 1190. The zero-order chi connectivity index (χ0) is 23.4. The van der Waals surface area contributed by atoms with Crippen LogP contribution in [-0.4, -0.2) is 34.8 Å². The molecule has 1 aliphatic heterocycles. The van der Waals surface area contributed by atoms with Crippen molar-refractivity contribution in [1.82, 2.24) is 0 Å². The standard InChI is InChI=1S/C27H26O6/c1-16-23(19-6-4-3-5-7-19)27(20-10-8-17(14-28)9-11-20)26(31,25(16)30)24-21(32-2)12-18(15-29)13-22(24)33-27/h3-14,16,23,25,29-31H,15H2,1-2H3/t16-,23+,25-,26+,27+/m1/s1. The molecule has 0 unspecified atom stereocenters. The van der Waals surface area contributed by atoms with Crippen LogP contribution < -0.4 is 9.47 Å². The Morgan fingerprint density at radius 1 is 1.09 bits per heavy atom.